The smallest absolute Gasteiger partial charge is 0.0704 e. The molecule has 33 heavy (non-hydrogen) atoms. The lowest BCUT2D eigenvalue weighted by atomic mass is 10.0. The number of methoxy groups -OCH3 is 1. The summed E-state index contributed by atoms with van der Waals surface area (Å²) in [5, 5.41) is 12.4. The number of hydrazone groups is 1. The van der Waals surface area contributed by atoms with Gasteiger partial charge in [-0.1, -0.05) is 85.8 Å². The van der Waals surface area contributed by atoms with Crippen LogP contribution in [0.2, 0.25) is 0 Å². The van der Waals surface area contributed by atoms with Crippen LogP contribution in [0.25, 0.3) is 0 Å². The first-order chi connectivity index (χ1) is 16.3. The quantitative estimate of drug-likeness (QED) is 0.319. The van der Waals surface area contributed by atoms with Crippen molar-refractivity contribution in [3.8, 4) is 0 Å². The lowest BCUT2D eigenvalue weighted by Gasteiger charge is -2.31. The monoisotopic (exact) mass is 478 g/mol. The van der Waals surface area contributed by atoms with E-state index < -0.39 is 7.92 Å². The Kier molecular flexibility index (Phi) is 8.83. The normalized spacial score (nSPS) is 21.6. The fraction of sp³-hybridized carbons (Fsp3) is 0.393. The maximum atomic E-state index is 5.51. The lowest BCUT2D eigenvalue weighted by molar-refractivity contribution is 0.117. The topological polar surface area (TPSA) is 24.8 Å². The highest BCUT2D eigenvalue weighted by Crippen LogP contribution is 2.50. The molecule has 1 unspecified atom stereocenters. The predicted octanol–water partition coefficient (Wildman–Crippen LogP) is 5.80. The number of benzene rings is 2. The Morgan fingerprint density at radius 2 is 1.79 bits per heavy atom. The van der Waals surface area contributed by atoms with Crippen LogP contribution in [-0.4, -0.2) is 48.5 Å². The number of hydrogen-bond acceptors (Lipinski definition) is 4. The van der Waals surface area contributed by atoms with Crippen molar-refractivity contribution < 1.29 is 4.74 Å². The van der Waals surface area contributed by atoms with E-state index in [2.05, 4.69) is 97.1 Å². The average Bonchev–Trinajstić information content (AvgIpc) is 3.51. The molecule has 1 aliphatic heterocycles. The highest BCUT2D eigenvalue weighted by molar-refractivity contribution is 7.99. The predicted molar refractivity (Wildman–Crippen MR) is 146 cm³/mol. The summed E-state index contributed by atoms with van der Waals surface area (Å²) in [7, 11) is 1.17. The van der Waals surface area contributed by atoms with E-state index in [1.807, 2.05) is 11.8 Å². The van der Waals surface area contributed by atoms with E-state index in [1.165, 1.54) is 28.1 Å². The third-order valence-electron chi connectivity index (χ3n) is 6.43. The summed E-state index contributed by atoms with van der Waals surface area (Å²) in [4.78, 5) is 0. The van der Waals surface area contributed by atoms with Crippen molar-refractivity contribution in [3.05, 3.63) is 84.2 Å². The second-order valence-electron chi connectivity index (χ2n) is 8.53. The van der Waals surface area contributed by atoms with Crippen molar-refractivity contribution in [2.24, 2.45) is 11.0 Å². The molecule has 2 aliphatic rings. The highest BCUT2D eigenvalue weighted by Gasteiger charge is 2.34. The molecule has 1 heterocycles. The molecule has 0 N–H and O–H groups in total. The van der Waals surface area contributed by atoms with Crippen LogP contribution < -0.4 is 10.6 Å². The molecule has 3 atom stereocenters. The minimum absolute atomic E-state index is 0.234. The van der Waals surface area contributed by atoms with Gasteiger partial charge in [0.2, 0.25) is 0 Å². The van der Waals surface area contributed by atoms with E-state index in [4.69, 9.17) is 9.84 Å². The number of thioether (sulfide) groups is 1. The number of hydrogen-bond donors (Lipinski definition) is 0. The van der Waals surface area contributed by atoms with Crippen LogP contribution >= 0.6 is 19.7 Å². The van der Waals surface area contributed by atoms with E-state index in [1.54, 1.807) is 7.11 Å². The molecule has 5 heteroatoms. The lowest BCUT2D eigenvalue weighted by Crippen LogP contribution is -2.34. The highest BCUT2D eigenvalue weighted by atomic mass is 32.2. The minimum Gasteiger partial charge on any atom is -0.382 e. The number of ether oxygens (including phenoxy) is 1. The Morgan fingerprint density at radius 3 is 2.36 bits per heavy atom. The van der Waals surface area contributed by atoms with Gasteiger partial charge in [0.1, 0.15) is 0 Å². The molecule has 1 fully saturated rings. The first kappa shape index (κ1) is 24.3. The van der Waals surface area contributed by atoms with Crippen LogP contribution in [0, 0.1) is 5.92 Å². The molecule has 3 nitrogen and oxygen atoms in total. The summed E-state index contributed by atoms with van der Waals surface area (Å²) in [6, 6.07) is 22.4. The SMILES string of the molecule is CC[C@@H](SC)/C(=N\N1CCC[C@H]1COC)C1C=CC=C1P(c1ccccc1)c1ccccc1. The van der Waals surface area contributed by atoms with Crippen LogP contribution in [0.1, 0.15) is 26.2 Å². The Hall–Kier alpha value is -1.87. The first-order valence-corrected chi connectivity index (χ1v) is 14.5. The second kappa shape index (κ2) is 12.0. The molecular formula is C28H35N2OPS. The minimum atomic E-state index is -0.629. The van der Waals surface area contributed by atoms with Gasteiger partial charge in [-0.3, -0.25) is 5.01 Å². The summed E-state index contributed by atoms with van der Waals surface area (Å²) < 4.78 is 5.51. The molecule has 0 saturated carbocycles. The Balaban J connectivity index is 1.75. The Labute approximate surface area is 204 Å². The van der Waals surface area contributed by atoms with E-state index in [0.717, 1.165) is 26.0 Å². The van der Waals surface area contributed by atoms with Crippen LogP contribution in [0.5, 0.6) is 0 Å². The van der Waals surface area contributed by atoms with Gasteiger partial charge in [-0.25, -0.2) is 0 Å². The Morgan fingerprint density at radius 1 is 1.12 bits per heavy atom. The van der Waals surface area contributed by atoms with Gasteiger partial charge in [0.05, 0.1) is 18.4 Å². The van der Waals surface area contributed by atoms with E-state index >= 15 is 0 Å². The molecule has 0 amide bonds. The summed E-state index contributed by atoms with van der Waals surface area (Å²) in [5.41, 5.74) is 1.30. The zero-order valence-electron chi connectivity index (χ0n) is 19.9. The summed E-state index contributed by atoms with van der Waals surface area (Å²) in [6.45, 7) is 4.05. The molecule has 1 aliphatic carbocycles. The third-order valence-corrected chi connectivity index (χ3v) is 10.1. The number of rotatable bonds is 10. The van der Waals surface area contributed by atoms with Crippen LogP contribution in [0.15, 0.2) is 89.3 Å². The molecular weight excluding hydrogens is 443 g/mol. The summed E-state index contributed by atoms with van der Waals surface area (Å²) in [5.74, 6) is 0.234. The summed E-state index contributed by atoms with van der Waals surface area (Å²) in [6.07, 6.45) is 12.6. The molecule has 174 valence electrons. The first-order valence-electron chi connectivity index (χ1n) is 11.9. The van der Waals surface area contributed by atoms with Gasteiger partial charge in [-0.15, -0.1) is 0 Å². The van der Waals surface area contributed by atoms with Gasteiger partial charge < -0.3 is 4.74 Å². The van der Waals surface area contributed by atoms with Gasteiger partial charge in [0.15, 0.2) is 0 Å². The van der Waals surface area contributed by atoms with Crippen molar-refractivity contribution in [2.45, 2.75) is 37.5 Å². The zero-order valence-corrected chi connectivity index (χ0v) is 21.6. The number of allylic oxidation sites excluding steroid dienone is 4. The zero-order chi connectivity index (χ0) is 23.0. The van der Waals surface area contributed by atoms with Gasteiger partial charge >= 0.3 is 0 Å². The van der Waals surface area contributed by atoms with Gasteiger partial charge in [0.25, 0.3) is 0 Å². The molecule has 0 bridgehead atoms. The molecule has 0 spiro atoms. The van der Waals surface area contributed by atoms with Crippen LogP contribution in [-0.2, 0) is 4.74 Å². The fourth-order valence-corrected chi connectivity index (χ4v) is 8.15. The van der Waals surface area contributed by atoms with Crippen LogP contribution in [0.3, 0.4) is 0 Å². The van der Waals surface area contributed by atoms with Crippen molar-refractivity contribution in [2.75, 3.05) is 26.5 Å². The van der Waals surface area contributed by atoms with E-state index in [-0.39, 0.29) is 5.92 Å². The fourth-order valence-electron chi connectivity index (χ4n) is 4.82. The molecule has 1 saturated heterocycles. The second-order valence-corrected chi connectivity index (χ2v) is 11.8. The molecule has 0 aromatic heterocycles. The summed E-state index contributed by atoms with van der Waals surface area (Å²) >= 11 is 1.93. The van der Waals surface area contributed by atoms with Gasteiger partial charge in [-0.2, -0.15) is 16.9 Å². The van der Waals surface area contributed by atoms with Gasteiger partial charge in [-0.05, 0) is 49.4 Å². The largest absolute Gasteiger partial charge is 0.382 e. The maximum Gasteiger partial charge on any atom is 0.0704 e. The van der Waals surface area contributed by atoms with Gasteiger partial charge in [0, 0.05) is 24.8 Å². The molecule has 0 radical (unpaired) electrons. The van der Waals surface area contributed by atoms with Crippen LogP contribution in [0.4, 0.5) is 0 Å². The Bertz CT molecular complexity index is 932. The third kappa shape index (κ3) is 5.62. The van der Waals surface area contributed by atoms with E-state index in [9.17, 15) is 0 Å². The van der Waals surface area contributed by atoms with Crippen molar-refractivity contribution in [1.29, 1.82) is 0 Å². The van der Waals surface area contributed by atoms with Crippen molar-refractivity contribution in [1.82, 2.24) is 5.01 Å². The maximum absolute atomic E-state index is 5.51. The molecule has 4 rings (SSSR count). The van der Waals surface area contributed by atoms with E-state index in [0.29, 0.717) is 11.3 Å². The van der Waals surface area contributed by atoms with Crippen molar-refractivity contribution in [3.63, 3.8) is 0 Å². The molecule has 2 aromatic rings. The van der Waals surface area contributed by atoms with Crippen molar-refractivity contribution >= 4 is 36.0 Å². The standard InChI is InChI=1S/C28H35N2OPS/c1-4-27(33-3)28(29-30-20-12-13-22(30)21-31-2)25-18-11-19-26(25)32(23-14-7-5-8-15-23)24-16-9-6-10-17-24/h5-11,14-19,22,25,27H,4,12-13,20-21H2,1-3H3/b29-28-/t22-,25?,27+/m0/s1. The number of nitrogens with zero attached hydrogens (tertiary/aromatic N) is 2. The average molecular weight is 479 g/mol. The molecule has 2 aromatic carbocycles.